The molecule has 0 bridgehead atoms. The predicted molar refractivity (Wildman–Crippen MR) is 42.1 cm³/mol. The number of nitrogens with zero attached hydrogens (tertiary/aromatic N) is 1. The van der Waals surface area contributed by atoms with Crippen molar-refractivity contribution in [3.8, 4) is 0 Å². The van der Waals surface area contributed by atoms with Crippen molar-refractivity contribution in [2.45, 2.75) is 6.42 Å². The molecule has 11 heavy (non-hydrogen) atoms. The molecule has 1 N–H and O–H groups in total. The van der Waals surface area contributed by atoms with E-state index < -0.39 is 0 Å². The highest BCUT2D eigenvalue weighted by atomic mass is 16.1. The Balaban J connectivity index is 2.02. The second-order valence-electron chi connectivity index (χ2n) is 3.75. The summed E-state index contributed by atoms with van der Waals surface area (Å²) in [6.45, 7) is 3.16. The van der Waals surface area contributed by atoms with E-state index in [4.69, 9.17) is 0 Å². The molecule has 2 aliphatic heterocycles. The van der Waals surface area contributed by atoms with Gasteiger partial charge in [0.25, 0.3) is 0 Å². The molecule has 0 saturated carbocycles. The molecule has 2 unspecified atom stereocenters. The summed E-state index contributed by atoms with van der Waals surface area (Å²) in [6.07, 6.45) is 0.745. The van der Waals surface area contributed by atoms with Crippen molar-refractivity contribution in [3.63, 3.8) is 0 Å². The molecule has 0 aromatic rings. The highest BCUT2D eigenvalue weighted by molar-refractivity contribution is 5.77. The maximum Gasteiger partial charge on any atom is 0.220 e. The summed E-state index contributed by atoms with van der Waals surface area (Å²) in [7, 11) is 2.13. The molecular weight excluding hydrogens is 140 g/mol. The van der Waals surface area contributed by atoms with Crippen LogP contribution in [0.4, 0.5) is 0 Å². The first-order chi connectivity index (χ1) is 5.25. The third kappa shape index (κ3) is 1.25. The number of carbonyl (C=O) groups excluding carboxylic acids is 1. The smallest absolute Gasteiger partial charge is 0.220 e. The Morgan fingerprint density at radius 1 is 1.45 bits per heavy atom. The van der Waals surface area contributed by atoms with E-state index in [1.165, 1.54) is 0 Å². The predicted octanol–water partition coefficient (Wildman–Crippen LogP) is -0.316. The van der Waals surface area contributed by atoms with Crippen LogP contribution in [0.25, 0.3) is 0 Å². The third-order valence-corrected chi connectivity index (χ3v) is 2.77. The highest BCUT2D eigenvalue weighted by Gasteiger charge is 2.35. The van der Waals surface area contributed by atoms with Crippen LogP contribution in [0.15, 0.2) is 0 Å². The zero-order valence-corrected chi connectivity index (χ0v) is 6.84. The summed E-state index contributed by atoms with van der Waals surface area (Å²) in [5.41, 5.74) is 0. The van der Waals surface area contributed by atoms with Crippen LogP contribution in [0.2, 0.25) is 0 Å². The van der Waals surface area contributed by atoms with E-state index in [1.807, 2.05) is 0 Å². The van der Waals surface area contributed by atoms with E-state index >= 15 is 0 Å². The van der Waals surface area contributed by atoms with E-state index in [0.717, 1.165) is 32.0 Å². The second-order valence-corrected chi connectivity index (χ2v) is 3.75. The van der Waals surface area contributed by atoms with E-state index in [1.54, 1.807) is 0 Å². The van der Waals surface area contributed by atoms with Crippen LogP contribution in [0.1, 0.15) is 6.42 Å². The lowest BCUT2D eigenvalue weighted by atomic mass is 9.89. The van der Waals surface area contributed by atoms with E-state index in [9.17, 15) is 4.79 Å². The number of nitrogens with one attached hydrogen (secondary N) is 1. The maximum absolute atomic E-state index is 11.0. The van der Waals surface area contributed by atoms with Gasteiger partial charge in [0.1, 0.15) is 0 Å². The minimum atomic E-state index is 0.238. The molecule has 2 rings (SSSR count). The molecular formula is C8H14N2O. The summed E-state index contributed by atoms with van der Waals surface area (Å²) in [5.74, 6) is 1.59. The Kier molecular flexibility index (Phi) is 1.60. The lowest BCUT2D eigenvalue weighted by molar-refractivity contribution is -0.124. The number of rotatable bonds is 0. The molecule has 0 spiro atoms. The normalized spacial score (nSPS) is 38.5. The number of piperidine rings is 1. The maximum atomic E-state index is 11.0. The molecule has 2 saturated heterocycles. The Bertz CT molecular complexity index is 181. The molecule has 2 heterocycles. The number of likely N-dealkylation sites (tertiary alicyclic amines) is 1. The molecule has 0 aliphatic carbocycles. The fourth-order valence-corrected chi connectivity index (χ4v) is 2.19. The molecule has 1 amide bonds. The minimum absolute atomic E-state index is 0.238. The fraction of sp³-hybridized carbons (Fsp3) is 0.875. The molecule has 0 radical (unpaired) electrons. The van der Waals surface area contributed by atoms with E-state index in [0.29, 0.717) is 5.92 Å². The zero-order chi connectivity index (χ0) is 7.84. The van der Waals surface area contributed by atoms with Crippen LogP contribution in [-0.2, 0) is 4.79 Å². The molecule has 2 aliphatic rings. The number of fused-ring (bicyclic) bond motifs is 1. The standard InChI is InChI=1S/C8H14N2O/c1-10-4-6-2-8(11)9-3-7(6)5-10/h6-7H,2-5H2,1H3,(H,9,11). The lowest BCUT2D eigenvalue weighted by Gasteiger charge is -2.23. The van der Waals surface area contributed by atoms with Crippen LogP contribution in [0.3, 0.4) is 0 Å². The summed E-state index contributed by atoms with van der Waals surface area (Å²) in [6, 6.07) is 0. The first kappa shape index (κ1) is 7.10. The first-order valence-electron chi connectivity index (χ1n) is 4.21. The zero-order valence-electron chi connectivity index (χ0n) is 6.84. The summed E-state index contributed by atoms with van der Waals surface area (Å²) >= 11 is 0. The average molecular weight is 154 g/mol. The van der Waals surface area contributed by atoms with Crippen molar-refractivity contribution >= 4 is 5.91 Å². The van der Waals surface area contributed by atoms with Gasteiger partial charge in [0.05, 0.1) is 0 Å². The second kappa shape index (κ2) is 2.48. The van der Waals surface area contributed by atoms with Gasteiger partial charge in [-0.15, -0.1) is 0 Å². The fourth-order valence-electron chi connectivity index (χ4n) is 2.19. The van der Waals surface area contributed by atoms with Gasteiger partial charge in [-0.1, -0.05) is 0 Å². The van der Waals surface area contributed by atoms with Crippen molar-refractivity contribution in [2.24, 2.45) is 11.8 Å². The molecule has 3 heteroatoms. The lowest BCUT2D eigenvalue weighted by Crippen LogP contribution is -2.39. The Morgan fingerprint density at radius 3 is 3.00 bits per heavy atom. The van der Waals surface area contributed by atoms with Gasteiger partial charge in [-0.3, -0.25) is 4.79 Å². The molecule has 0 aromatic carbocycles. The minimum Gasteiger partial charge on any atom is -0.356 e. The van der Waals surface area contributed by atoms with Gasteiger partial charge in [-0.25, -0.2) is 0 Å². The molecule has 0 aromatic heterocycles. The third-order valence-electron chi connectivity index (χ3n) is 2.77. The van der Waals surface area contributed by atoms with E-state index in [-0.39, 0.29) is 5.91 Å². The van der Waals surface area contributed by atoms with Crippen molar-refractivity contribution in [1.82, 2.24) is 10.2 Å². The largest absolute Gasteiger partial charge is 0.356 e. The Labute approximate surface area is 66.8 Å². The summed E-state index contributed by atoms with van der Waals surface area (Å²) < 4.78 is 0. The van der Waals surface area contributed by atoms with Crippen LogP contribution < -0.4 is 5.32 Å². The van der Waals surface area contributed by atoms with Crippen molar-refractivity contribution in [3.05, 3.63) is 0 Å². The van der Waals surface area contributed by atoms with Crippen molar-refractivity contribution in [1.29, 1.82) is 0 Å². The number of hydrogen-bond acceptors (Lipinski definition) is 2. The monoisotopic (exact) mass is 154 g/mol. The van der Waals surface area contributed by atoms with Crippen LogP contribution in [0, 0.1) is 11.8 Å². The molecule has 2 atom stereocenters. The highest BCUT2D eigenvalue weighted by Crippen LogP contribution is 2.26. The van der Waals surface area contributed by atoms with Gasteiger partial charge in [0.15, 0.2) is 0 Å². The quantitative estimate of drug-likeness (QED) is 0.519. The van der Waals surface area contributed by atoms with Crippen molar-refractivity contribution in [2.75, 3.05) is 26.7 Å². The van der Waals surface area contributed by atoms with Crippen LogP contribution in [0.5, 0.6) is 0 Å². The topological polar surface area (TPSA) is 32.3 Å². The average Bonchev–Trinajstić information content (AvgIpc) is 2.27. The Hall–Kier alpha value is -0.570. The SMILES string of the molecule is CN1CC2CNC(=O)CC2C1. The van der Waals surface area contributed by atoms with Crippen molar-refractivity contribution < 1.29 is 4.79 Å². The molecule has 2 fully saturated rings. The van der Waals surface area contributed by atoms with Crippen LogP contribution >= 0.6 is 0 Å². The number of hydrogen-bond donors (Lipinski definition) is 1. The summed E-state index contributed by atoms with van der Waals surface area (Å²) in [4.78, 5) is 13.3. The van der Waals surface area contributed by atoms with E-state index in [2.05, 4.69) is 17.3 Å². The summed E-state index contributed by atoms with van der Waals surface area (Å²) in [5, 5.41) is 2.91. The van der Waals surface area contributed by atoms with Gasteiger partial charge in [0.2, 0.25) is 5.91 Å². The van der Waals surface area contributed by atoms with Gasteiger partial charge in [-0.2, -0.15) is 0 Å². The number of amides is 1. The van der Waals surface area contributed by atoms with Gasteiger partial charge in [0, 0.05) is 26.1 Å². The Morgan fingerprint density at radius 2 is 2.18 bits per heavy atom. The number of carbonyl (C=O) groups is 1. The molecule has 62 valence electrons. The molecule has 3 nitrogen and oxygen atoms in total. The van der Waals surface area contributed by atoms with Gasteiger partial charge >= 0.3 is 0 Å². The van der Waals surface area contributed by atoms with Gasteiger partial charge in [-0.05, 0) is 18.9 Å². The first-order valence-corrected chi connectivity index (χ1v) is 4.21. The van der Waals surface area contributed by atoms with Gasteiger partial charge < -0.3 is 10.2 Å². The van der Waals surface area contributed by atoms with Crippen LogP contribution in [-0.4, -0.2) is 37.5 Å².